The predicted octanol–water partition coefficient (Wildman–Crippen LogP) is 5.41. The van der Waals surface area contributed by atoms with Gasteiger partial charge < -0.3 is 10.2 Å². The summed E-state index contributed by atoms with van der Waals surface area (Å²) in [7, 11) is 0. The van der Waals surface area contributed by atoms with E-state index in [9.17, 15) is 4.79 Å². The standard InChI is InChI=1S/C26H41ClN6O/c1-7-32-23(27)21(22(30-32)19-16-28-33(17-19)18(2)3)24(34)29-20-14-26(15-20)9-12-31(13-10-26)11-8-25(4,5)6/h16-18,20H,7-15H2,1-6H3,(H,29,34). The Balaban J connectivity index is 1.38. The third-order valence-electron chi connectivity index (χ3n) is 7.61. The SMILES string of the molecule is CCn1nc(-c2cnn(C(C)C)c2)c(C(=O)NC2CC3(CCN(CCC(C)(C)C)CC3)C2)c1Cl. The van der Waals surface area contributed by atoms with Crippen molar-refractivity contribution >= 4 is 17.5 Å². The lowest BCUT2D eigenvalue weighted by molar-refractivity contribution is 0.00470. The molecule has 1 aliphatic heterocycles. The third-order valence-corrected chi connectivity index (χ3v) is 7.99. The van der Waals surface area contributed by atoms with Crippen molar-refractivity contribution in [2.75, 3.05) is 19.6 Å². The van der Waals surface area contributed by atoms with Gasteiger partial charge in [-0.05, 0) is 83.3 Å². The van der Waals surface area contributed by atoms with E-state index in [-0.39, 0.29) is 18.0 Å². The summed E-state index contributed by atoms with van der Waals surface area (Å²) in [6.45, 7) is 17.2. The summed E-state index contributed by atoms with van der Waals surface area (Å²) in [6.07, 6.45) is 9.53. The average Bonchev–Trinajstić information content (AvgIpc) is 3.36. The molecule has 2 aromatic rings. The monoisotopic (exact) mass is 488 g/mol. The Hall–Kier alpha value is -1.86. The molecule has 1 amide bonds. The average molecular weight is 489 g/mol. The molecule has 7 nitrogen and oxygen atoms in total. The predicted molar refractivity (Wildman–Crippen MR) is 137 cm³/mol. The lowest BCUT2D eigenvalue weighted by Crippen LogP contribution is -2.55. The summed E-state index contributed by atoms with van der Waals surface area (Å²) in [6, 6.07) is 0.446. The fourth-order valence-corrected chi connectivity index (χ4v) is 5.63. The molecule has 1 saturated carbocycles. The topological polar surface area (TPSA) is 68.0 Å². The van der Waals surface area contributed by atoms with Crippen LogP contribution in [0.1, 0.15) is 90.0 Å². The van der Waals surface area contributed by atoms with Crippen LogP contribution in [0.15, 0.2) is 12.4 Å². The number of piperidine rings is 1. The molecule has 1 aliphatic carbocycles. The molecule has 0 bridgehead atoms. The molecule has 8 heteroatoms. The van der Waals surface area contributed by atoms with Gasteiger partial charge in [-0.2, -0.15) is 10.2 Å². The van der Waals surface area contributed by atoms with Crippen molar-refractivity contribution in [1.82, 2.24) is 29.8 Å². The minimum atomic E-state index is -0.125. The zero-order valence-electron chi connectivity index (χ0n) is 21.7. The van der Waals surface area contributed by atoms with Crippen LogP contribution < -0.4 is 5.32 Å². The van der Waals surface area contributed by atoms with Crippen LogP contribution >= 0.6 is 11.6 Å². The van der Waals surface area contributed by atoms with Crippen molar-refractivity contribution in [3.05, 3.63) is 23.1 Å². The first-order chi connectivity index (χ1) is 16.0. The number of aryl methyl sites for hydroxylation is 1. The molecular formula is C26H41ClN6O. The van der Waals surface area contributed by atoms with Gasteiger partial charge >= 0.3 is 0 Å². The summed E-state index contributed by atoms with van der Waals surface area (Å²) in [5.41, 5.74) is 2.68. The van der Waals surface area contributed by atoms with E-state index in [4.69, 9.17) is 11.6 Å². The van der Waals surface area contributed by atoms with Crippen LogP contribution in [0.2, 0.25) is 5.15 Å². The first kappa shape index (κ1) is 25.2. The highest BCUT2D eigenvalue weighted by molar-refractivity contribution is 6.33. The van der Waals surface area contributed by atoms with Gasteiger partial charge in [0.2, 0.25) is 0 Å². The van der Waals surface area contributed by atoms with E-state index >= 15 is 0 Å². The molecular weight excluding hydrogens is 448 g/mol. The molecule has 1 saturated heterocycles. The number of halogens is 1. The number of rotatable bonds is 7. The van der Waals surface area contributed by atoms with Crippen molar-refractivity contribution in [3.8, 4) is 11.3 Å². The smallest absolute Gasteiger partial charge is 0.256 e. The van der Waals surface area contributed by atoms with Gasteiger partial charge in [-0.15, -0.1) is 0 Å². The van der Waals surface area contributed by atoms with Crippen LogP contribution in [-0.4, -0.2) is 56.0 Å². The molecule has 1 N–H and O–H groups in total. The van der Waals surface area contributed by atoms with Crippen LogP contribution in [-0.2, 0) is 6.54 Å². The van der Waals surface area contributed by atoms with Gasteiger partial charge in [0.25, 0.3) is 5.91 Å². The van der Waals surface area contributed by atoms with Crippen molar-refractivity contribution in [3.63, 3.8) is 0 Å². The molecule has 188 valence electrons. The van der Waals surface area contributed by atoms with Gasteiger partial charge in [-0.1, -0.05) is 32.4 Å². The van der Waals surface area contributed by atoms with E-state index in [0.29, 0.717) is 33.8 Å². The number of nitrogens with zero attached hydrogens (tertiary/aromatic N) is 5. The largest absolute Gasteiger partial charge is 0.349 e. The van der Waals surface area contributed by atoms with Gasteiger partial charge in [0, 0.05) is 30.4 Å². The maximum atomic E-state index is 13.4. The number of likely N-dealkylation sites (tertiary alicyclic amines) is 1. The van der Waals surface area contributed by atoms with Crippen LogP contribution in [0.5, 0.6) is 0 Å². The minimum absolute atomic E-state index is 0.125. The minimum Gasteiger partial charge on any atom is -0.349 e. The maximum absolute atomic E-state index is 13.4. The summed E-state index contributed by atoms with van der Waals surface area (Å²) < 4.78 is 3.56. The number of hydrogen-bond donors (Lipinski definition) is 1. The van der Waals surface area contributed by atoms with Crippen LogP contribution in [0.25, 0.3) is 11.3 Å². The van der Waals surface area contributed by atoms with Crippen LogP contribution in [0.4, 0.5) is 0 Å². The number of hydrogen-bond acceptors (Lipinski definition) is 4. The lowest BCUT2D eigenvalue weighted by atomic mass is 9.60. The van der Waals surface area contributed by atoms with E-state index in [1.165, 1.54) is 38.9 Å². The highest BCUT2D eigenvalue weighted by Gasteiger charge is 2.46. The number of carbonyl (C=O) groups is 1. The molecule has 34 heavy (non-hydrogen) atoms. The first-order valence-corrected chi connectivity index (χ1v) is 13.2. The van der Waals surface area contributed by atoms with E-state index in [0.717, 1.165) is 18.4 Å². The molecule has 3 heterocycles. The molecule has 0 unspecified atom stereocenters. The van der Waals surface area contributed by atoms with Crippen molar-refractivity contribution < 1.29 is 4.79 Å². The molecule has 0 atom stereocenters. The van der Waals surface area contributed by atoms with Gasteiger partial charge in [0.1, 0.15) is 16.4 Å². The van der Waals surface area contributed by atoms with Crippen molar-refractivity contribution in [2.24, 2.45) is 10.8 Å². The van der Waals surface area contributed by atoms with E-state index < -0.39 is 0 Å². The zero-order valence-corrected chi connectivity index (χ0v) is 22.5. The second-order valence-electron chi connectivity index (χ2n) is 11.9. The fourth-order valence-electron chi connectivity index (χ4n) is 5.29. The Kier molecular flexibility index (Phi) is 7.16. The zero-order chi connectivity index (χ0) is 24.7. The van der Waals surface area contributed by atoms with Crippen LogP contribution in [0.3, 0.4) is 0 Å². The summed E-state index contributed by atoms with van der Waals surface area (Å²) in [5, 5.41) is 12.7. The van der Waals surface area contributed by atoms with Crippen molar-refractivity contribution in [2.45, 2.75) is 92.3 Å². The van der Waals surface area contributed by atoms with Gasteiger partial charge in [0.15, 0.2) is 0 Å². The van der Waals surface area contributed by atoms with Gasteiger partial charge in [-0.3, -0.25) is 14.2 Å². The highest BCUT2D eigenvalue weighted by Crippen LogP contribution is 2.49. The van der Waals surface area contributed by atoms with E-state index in [1.807, 2.05) is 17.8 Å². The highest BCUT2D eigenvalue weighted by atomic mass is 35.5. The molecule has 1 spiro atoms. The van der Waals surface area contributed by atoms with E-state index in [1.54, 1.807) is 10.9 Å². The maximum Gasteiger partial charge on any atom is 0.256 e. The lowest BCUT2D eigenvalue weighted by Gasteiger charge is -2.52. The molecule has 0 aromatic carbocycles. The molecule has 2 aliphatic rings. The second kappa shape index (κ2) is 9.65. The number of aromatic nitrogens is 4. The number of amides is 1. The Morgan fingerprint density at radius 3 is 2.50 bits per heavy atom. The van der Waals surface area contributed by atoms with Gasteiger partial charge in [0.05, 0.1) is 6.20 Å². The summed E-state index contributed by atoms with van der Waals surface area (Å²) >= 11 is 6.62. The van der Waals surface area contributed by atoms with Crippen LogP contribution in [0, 0.1) is 10.8 Å². The fraction of sp³-hybridized carbons (Fsp3) is 0.731. The Labute approximate surface area is 209 Å². The number of nitrogens with one attached hydrogen (secondary N) is 1. The molecule has 2 aromatic heterocycles. The second-order valence-corrected chi connectivity index (χ2v) is 12.2. The molecule has 0 radical (unpaired) electrons. The molecule has 2 fully saturated rings. The first-order valence-electron chi connectivity index (χ1n) is 12.8. The molecule has 4 rings (SSSR count). The van der Waals surface area contributed by atoms with E-state index in [2.05, 4.69) is 55.0 Å². The number of carbonyl (C=O) groups excluding carboxylic acids is 1. The normalized spacial score (nSPS) is 19.1. The summed E-state index contributed by atoms with van der Waals surface area (Å²) in [4.78, 5) is 16.0. The Morgan fingerprint density at radius 2 is 1.94 bits per heavy atom. The van der Waals surface area contributed by atoms with Crippen molar-refractivity contribution in [1.29, 1.82) is 0 Å². The Morgan fingerprint density at radius 1 is 1.26 bits per heavy atom. The Bertz CT molecular complexity index is 1000. The quantitative estimate of drug-likeness (QED) is 0.565. The third kappa shape index (κ3) is 5.35. The summed E-state index contributed by atoms with van der Waals surface area (Å²) in [5.74, 6) is -0.125. The van der Waals surface area contributed by atoms with Gasteiger partial charge in [-0.25, -0.2) is 0 Å².